The Morgan fingerprint density at radius 1 is 1.17 bits per heavy atom. The summed E-state index contributed by atoms with van der Waals surface area (Å²) in [6, 6.07) is 9.16. The number of hydrogen-bond donors (Lipinski definition) is 3. The number of benzene rings is 1. The predicted octanol–water partition coefficient (Wildman–Crippen LogP) is 2.78. The number of carbonyl (C=O) groups is 1. The number of amides is 1. The van der Waals surface area contributed by atoms with Gasteiger partial charge in [-0.05, 0) is 42.2 Å². The first-order valence-corrected chi connectivity index (χ1v) is 11.8. The Bertz CT molecular complexity index is 1160. The minimum Gasteiger partial charge on any atom is -0.392 e. The molecule has 1 fully saturated rings. The maximum absolute atomic E-state index is 12.3. The highest BCUT2D eigenvalue weighted by Gasteiger charge is 2.36. The summed E-state index contributed by atoms with van der Waals surface area (Å²) in [6.07, 6.45) is 4.73. The zero-order valence-corrected chi connectivity index (χ0v) is 17.5. The Morgan fingerprint density at radius 2 is 1.93 bits per heavy atom. The Labute approximate surface area is 178 Å². The van der Waals surface area contributed by atoms with Gasteiger partial charge in [-0.1, -0.05) is 12.1 Å². The summed E-state index contributed by atoms with van der Waals surface area (Å²) in [7, 11) is -3.36. The average Bonchev–Trinajstić information content (AvgIpc) is 3.52. The van der Waals surface area contributed by atoms with E-state index in [0.717, 1.165) is 16.7 Å². The van der Waals surface area contributed by atoms with Crippen LogP contribution in [0.5, 0.6) is 0 Å². The summed E-state index contributed by atoms with van der Waals surface area (Å²) in [5, 5.41) is 13.7. The highest BCUT2D eigenvalue weighted by atomic mass is 32.2. The zero-order valence-electron chi connectivity index (χ0n) is 15.9. The van der Waals surface area contributed by atoms with Crippen molar-refractivity contribution in [2.45, 2.75) is 31.1 Å². The standard InChI is InChI=1S/C20H20N4O4S2/c25-11-13-7-15(10-21-9-13)14-1-3-16(4-2-14)22-19(26)8-17-12-29-20(23-17)24-30(27,28)18-5-6-18/h1-4,7,9-10,12,18,25H,5-6,8,11H2,(H,22,26)(H,23,24). The number of rotatable bonds is 8. The molecule has 2 heterocycles. The SMILES string of the molecule is O=C(Cc1csc(NS(=O)(=O)C2CC2)n1)Nc1ccc(-c2cncc(CO)c2)cc1. The predicted molar refractivity (Wildman–Crippen MR) is 116 cm³/mol. The first kappa shape index (κ1) is 20.5. The molecule has 4 rings (SSSR count). The number of aliphatic hydroxyl groups is 1. The van der Waals surface area contributed by atoms with Gasteiger partial charge in [0.1, 0.15) is 0 Å². The minimum absolute atomic E-state index is 0.0475. The Hall–Kier alpha value is -2.82. The maximum Gasteiger partial charge on any atom is 0.237 e. The first-order chi connectivity index (χ1) is 14.4. The molecule has 1 saturated carbocycles. The zero-order chi connectivity index (χ0) is 21.1. The number of aliphatic hydroxyl groups excluding tert-OH is 1. The third-order valence-electron chi connectivity index (χ3n) is 4.57. The molecule has 0 bridgehead atoms. The molecular weight excluding hydrogens is 424 g/mol. The van der Waals surface area contributed by atoms with Crippen molar-refractivity contribution in [3.8, 4) is 11.1 Å². The number of sulfonamides is 1. The highest BCUT2D eigenvalue weighted by Crippen LogP contribution is 2.30. The largest absolute Gasteiger partial charge is 0.392 e. The summed E-state index contributed by atoms with van der Waals surface area (Å²) in [5.74, 6) is -0.242. The van der Waals surface area contributed by atoms with Crippen LogP contribution in [0.3, 0.4) is 0 Å². The second-order valence-electron chi connectivity index (χ2n) is 7.03. The van der Waals surface area contributed by atoms with Crippen LogP contribution in [0.4, 0.5) is 10.8 Å². The van der Waals surface area contributed by atoms with Crippen LogP contribution in [-0.2, 0) is 27.8 Å². The van der Waals surface area contributed by atoms with Crippen LogP contribution in [-0.4, -0.2) is 34.6 Å². The van der Waals surface area contributed by atoms with E-state index in [0.29, 0.717) is 24.2 Å². The monoisotopic (exact) mass is 444 g/mol. The van der Waals surface area contributed by atoms with Gasteiger partial charge in [0, 0.05) is 29.0 Å². The molecular formula is C20H20N4O4S2. The van der Waals surface area contributed by atoms with Crippen LogP contribution in [0.15, 0.2) is 48.1 Å². The topological polar surface area (TPSA) is 121 Å². The quantitative estimate of drug-likeness (QED) is 0.491. The summed E-state index contributed by atoms with van der Waals surface area (Å²) in [5.41, 5.74) is 3.67. The van der Waals surface area contributed by atoms with Gasteiger partial charge in [0.15, 0.2) is 5.13 Å². The number of nitrogens with zero attached hydrogens (tertiary/aromatic N) is 2. The van der Waals surface area contributed by atoms with Crippen molar-refractivity contribution < 1.29 is 18.3 Å². The summed E-state index contributed by atoms with van der Waals surface area (Å²) in [4.78, 5) is 20.6. The van der Waals surface area contributed by atoms with E-state index in [4.69, 9.17) is 0 Å². The second kappa shape index (κ2) is 8.50. The fourth-order valence-electron chi connectivity index (χ4n) is 2.87. The minimum atomic E-state index is -3.36. The Morgan fingerprint density at radius 3 is 2.63 bits per heavy atom. The molecule has 1 amide bonds. The van der Waals surface area contributed by atoms with Gasteiger partial charge in [-0.25, -0.2) is 13.4 Å². The smallest absolute Gasteiger partial charge is 0.237 e. The molecule has 8 nitrogen and oxygen atoms in total. The molecule has 1 aliphatic carbocycles. The molecule has 2 aromatic heterocycles. The second-order valence-corrected chi connectivity index (χ2v) is 9.85. The molecule has 0 atom stereocenters. The van der Waals surface area contributed by atoms with Crippen molar-refractivity contribution in [3.05, 3.63) is 59.4 Å². The van der Waals surface area contributed by atoms with E-state index in [1.54, 1.807) is 29.9 Å². The summed E-state index contributed by atoms with van der Waals surface area (Å²) in [6.45, 7) is -0.0741. The highest BCUT2D eigenvalue weighted by molar-refractivity contribution is 7.93. The maximum atomic E-state index is 12.3. The number of pyridine rings is 1. The normalized spacial score (nSPS) is 13.8. The number of thiazole rings is 1. The van der Waals surface area contributed by atoms with Crippen molar-refractivity contribution in [3.63, 3.8) is 0 Å². The van der Waals surface area contributed by atoms with Crippen LogP contribution < -0.4 is 10.0 Å². The number of anilines is 2. The summed E-state index contributed by atoms with van der Waals surface area (Å²) < 4.78 is 26.4. The molecule has 0 saturated heterocycles. The first-order valence-electron chi connectivity index (χ1n) is 9.34. The van der Waals surface area contributed by atoms with E-state index >= 15 is 0 Å². The lowest BCUT2D eigenvalue weighted by molar-refractivity contribution is -0.115. The molecule has 0 aliphatic heterocycles. The van der Waals surface area contributed by atoms with Gasteiger partial charge in [-0.3, -0.25) is 14.5 Å². The average molecular weight is 445 g/mol. The molecule has 1 aliphatic rings. The molecule has 10 heteroatoms. The lowest BCUT2D eigenvalue weighted by atomic mass is 10.1. The van der Waals surface area contributed by atoms with E-state index < -0.39 is 10.0 Å². The van der Waals surface area contributed by atoms with Crippen molar-refractivity contribution in [2.75, 3.05) is 10.0 Å². The third-order valence-corrected chi connectivity index (χ3v) is 7.33. The molecule has 3 aromatic rings. The Kier molecular flexibility index (Phi) is 5.80. The molecule has 0 spiro atoms. The van der Waals surface area contributed by atoms with E-state index in [1.807, 2.05) is 18.2 Å². The van der Waals surface area contributed by atoms with Gasteiger partial charge >= 0.3 is 0 Å². The van der Waals surface area contributed by atoms with Crippen LogP contribution >= 0.6 is 11.3 Å². The van der Waals surface area contributed by atoms with Crippen molar-refractivity contribution >= 4 is 38.1 Å². The molecule has 0 radical (unpaired) electrons. The number of carbonyl (C=O) groups excluding carboxylic acids is 1. The molecule has 3 N–H and O–H groups in total. The van der Waals surface area contributed by atoms with Crippen molar-refractivity contribution in [2.24, 2.45) is 0 Å². The van der Waals surface area contributed by atoms with Crippen LogP contribution in [0.25, 0.3) is 11.1 Å². The van der Waals surface area contributed by atoms with Gasteiger partial charge in [0.2, 0.25) is 15.9 Å². The lowest BCUT2D eigenvalue weighted by Gasteiger charge is -2.07. The molecule has 1 aromatic carbocycles. The van der Waals surface area contributed by atoms with Crippen LogP contribution in [0.2, 0.25) is 0 Å². The van der Waals surface area contributed by atoms with Crippen LogP contribution in [0, 0.1) is 0 Å². The fourth-order valence-corrected chi connectivity index (χ4v) is 5.17. The van der Waals surface area contributed by atoms with Gasteiger partial charge < -0.3 is 10.4 Å². The van der Waals surface area contributed by atoms with Crippen LogP contribution in [0.1, 0.15) is 24.1 Å². The van der Waals surface area contributed by atoms with E-state index in [2.05, 4.69) is 20.0 Å². The van der Waals surface area contributed by atoms with Crippen molar-refractivity contribution in [1.29, 1.82) is 0 Å². The molecule has 0 unspecified atom stereocenters. The number of nitrogens with one attached hydrogen (secondary N) is 2. The van der Waals surface area contributed by atoms with E-state index in [9.17, 15) is 18.3 Å². The van der Waals surface area contributed by atoms with Gasteiger partial charge in [-0.2, -0.15) is 0 Å². The van der Waals surface area contributed by atoms with E-state index in [1.165, 1.54) is 11.3 Å². The molecule has 30 heavy (non-hydrogen) atoms. The number of aromatic nitrogens is 2. The Balaban J connectivity index is 1.35. The van der Waals surface area contributed by atoms with Gasteiger partial charge in [0.05, 0.1) is 24.0 Å². The van der Waals surface area contributed by atoms with Gasteiger partial charge in [0.25, 0.3) is 0 Å². The fraction of sp³-hybridized carbons (Fsp3) is 0.250. The van der Waals surface area contributed by atoms with Crippen molar-refractivity contribution in [1.82, 2.24) is 9.97 Å². The molecule has 156 valence electrons. The summed E-state index contributed by atoms with van der Waals surface area (Å²) >= 11 is 1.17. The number of hydrogen-bond acceptors (Lipinski definition) is 7. The van der Waals surface area contributed by atoms with E-state index in [-0.39, 0.29) is 29.3 Å². The lowest BCUT2D eigenvalue weighted by Crippen LogP contribution is -2.17. The third kappa shape index (κ3) is 5.02. The van der Waals surface area contributed by atoms with Gasteiger partial charge in [-0.15, -0.1) is 11.3 Å².